The Hall–Kier alpha value is -0.934. The van der Waals surface area contributed by atoms with Gasteiger partial charge in [0.25, 0.3) is 5.56 Å². The number of nitrogens with zero attached hydrogens (tertiary/aromatic N) is 6. The normalized spacial score (nSPS) is 10.3. The Bertz CT molecular complexity index is 749. The summed E-state index contributed by atoms with van der Waals surface area (Å²) in [6, 6.07) is 4.92. The number of hydrogen-bond acceptors (Lipinski definition) is 5. The first-order chi connectivity index (χ1) is 8.25. The van der Waals surface area contributed by atoms with Crippen LogP contribution in [0.4, 0.5) is 0 Å². The van der Waals surface area contributed by atoms with Gasteiger partial charge >= 0.3 is 51.4 Å². The summed E-state index contributed by atoms with van der Waals surface area (Å²) < 4.78 is 1.44. The molecule has 8 heteroatoms. The molecular weight excluding hydrogens is 259 g/mol. The molecule has 0 N–H and O–H groups in total. The number of pyridine rings is 1. The third-order valence-electron chi connectivity index (χ3n) is 2.33. The molecule has 0 amide bonds. The molecule has 18 heavy (non-hydrogen) atoms. The summed E-state index contributed by atoms with van der Waals surface area (Å²) in [6.45, 7) is 1.74. The maximum atomic E-state index is 11.6. The van der Waals surface area contributed by atoms with Crippen LogP contribution >= 0.6 is 0 Å². The van der Waals surface area contributed by atoms with Gasteiger partial charge in [0.15, 0.2) is 11.5 Å². The number of fused-ring (bicyclic) bond motifs is 1. The molecule has 0 fully saturated rings. The number of hydrogen-bond donors (Lipinski definition) is 0. The zero-order chi connectivity index (χ0) is 11.8. The molecule has 3 aromatic rings. The minimum absolute atomic E-state index is 0. The monoisotopic (exact) mass is 267 g/mol. The van der Waals surface area contributed by atoms with Crippen molar-refractivity contribution in [3.8, 4) is 5.69 Å². The molecule has 0 aliphatic heterocycles. The van der Waals surface area contributed by atoms with Crippen molar-refractivity contribution in [2.75, 3.05) is 0 Å². The van der Waals surface area contributed by atoms with Gasteiger partial charge < -0.3 is 0 Å². The van der Waals surface area contributed by atoms with E-state index >= 15 is 0 Å². The molecule has 0 aliphatic carbocycles. The number of aromatic nitrogens is 6. The van der Waals surface area contributed by atoms with Gasteiger partial charge in [0.1, 0.15) is 5.69 Å². The predicted molar refractivity (Wildman–Crippen MR) is 58.9 cm³/mol. The fourth-order valence-corrected chi connectivity index (χ4v) is 1.59. The Morgan fingerprint density at radius 2 is 2.11 bits per heavy atom. The van der Waals surface area contributed by atoms with Gasteiger partial charge in [0.2, 0.25) is 0 Å². The van der Waals surface area contributed by atoms with Crippen LogP contribution in [0.2, 0.25) is 0 Å². The molecule has 7 nitrogen and oxygen atoms in total. The second-order valence-electron chi connectivity index (χ2n) is 3.50. The van der Waals surface area contributed by atoms with E-state index in [4.69, 9.17) is 0 Å². The van der Waals surface area contributed by atoms with Gasteiger partial charge in [-0.2, -0.15) is 0 Å². The van der Waals surface area contributed by atoms with E-state index in [0.717, 1.165) is 0 Å². The predicted octanol–water partition coefficient (Wildman–Crippen LogP) is -3.02. The Balaban J connectivity index is 0.00000120. The minimum atomic E-state index is -0.145. The maximum absolute atomic E-state index is 11.6. The molecule has 0 bridgehead atoms. The quantitative estimate of drug-likeness (QED) is 0.439. The first-order valence-corrected chi connectivity index (χ1v) is 4.99. The fraction of sp³-hybridized carbons (Fsp3) is 0.100. The van der Waals surface area contributed by atoms with Gasteiger partial charge in [-0.15, -0.1) is 15.0 Å². The van der Waals surface area contributed by atoms with E-state index in [-0.39, 0.29) is 56.9 Å². The van der Waals surface area contributed by atoms with E-state index in [2.05, 4.69) is 20.4 Å². The van der Waals surface area contributed by atoms with Crippen molar-refractivity contribution in [3.05, 3.63) is 46.8 Å². The van der Waals surface area contributed by atoms with Crippen molar-refractivity contribution in [2.45, 2.75) is 6.92 Å². The van der Waals surface area contributed by atoms with Crippen molar-refractivity contribution in [1.82, 2.24) is 29.6 Å². The molecule has 0 spiro atoms. The average Bonchev–Trinajstić information content (AvgIpc) is 2.76. The summed E-state index contributed by atoms with van der Waals surface area (Å²) in [5.41, 5.74) is 0.969. The third kappa shape index (κ3) is 2.29. The molecule has 0 aliphatic rings. The van der Waals surface area contributed by atoms with Crippen LogP contribution in [-0.4, -0.2) is 29.6 Å². The van der Waals surface area contributed by atoms with E-state index in [9.17, 15) is 4.79 Å². The van der Waals surface area contributed by atoms with Crippen LogP contribution < -0.4 is 56.9 Å². The van der Waals surface area contributed by atoms with Crippen LogP contribution in [0.15, 0.2) is 35.4 Å². The number of tetrazole rings is 1. The molecule has 0 saturated heterocycles. The van der Waals surface area contributed by atoms with Gasteiger partial charge in [0.05, 0.1) is 0 Å². The molecular formula is C10H8KN6O+. The second kappa shape index (κ2) is 5.37. The Morgan fingerprint density at radius 1 is 1.28 bits per heavy atom. The molecule has 0 aromatic carbocycles. The van der Waals surface area contributed by atoms with Crippen LogP contribution in [0.1, 0.15) is 5.82 Å². The van der Waals surface area contributed by atoms with Crippen molar-refractivity contribution < 1.29 is 51.4 Å². The Labute approximate surface area is 144 Å². The van der Waals surface area contributed by atoms with E-state index in [1.54, 1.807) is 25.3 Å². The van der Waals surface area contributed by atoms with Crippen molar-refractivity contribution in [3.63, 3.8) is 0 Å². The summed E-state index contributed by atoms with van der Waals surface area (Å²) in [4.78, 5) is 17.1. The summed E-state index contributed by atoms with van der Waals surface area (Å²) in [5, 5.41) is 11.8. The molecule has 84 valence electrons. The summed E-state index contributed by atoms with van der Waals surface area (Å²) in [7, 11) is 0. The molecule has 3 rings (SSSR count). The van der Waals surface area contributed by atoms with Gasteiger partial charge in [-0.1, -0.05) is 0 Å². The average molecular weight is 267 g/mol. The van der Waals surface area contributed by atoms with Gasteiger partial charge in [-0.05, 0) is 24.3 Å². The van der Waals surface area contributed by atoms with E-state index < -0.39 is 0 Å². The molecule has 3 heterocycles. The zero-order valence-corrected chi connectivity index (χ0v) is 13.1. The smallest absolute Gasteiger partial charge is 0.269 e. The SMILES string of the molecule is Cc1nnn(-c2cccn3c(=O)ccnc23)n1.[K+]. The molecule has 0 unspecified atom stereocenters. The number of rotatable bonds is 1. The van der Waals surface area contributed by atoms with Crippen LogP contribution in [0.3, 0.4) is 0 Å². The standard InChI is InChI=1S/C10H8N6O.K/c1-7-12-14-16(13-7)8-3-2-6-15-9(17)4-5-11-10(8)15;/h2-6H,1H3;/q;+1. The van der Waals surface area contributed by atoms with Gasteiger partial charge in [0, 0.05) is 18.5 Å². The van der Waals surface area contributed by atoms with E-state index in [1.165, 1.54) is 21.5 Å². The van der Waals surface area contributed by atoms with Crippen molar-refractivity contribution in [1.29, 1.82) is 0 Å². The topological polar surface area (TPSA) is 78.0 Å². The first kappa shape index (κ1) is 13.5. The van der Waals surface area contributed by atoms with E-state index in [1.807, 2.05) is 0 Å². The molecule has 3 aromatic heterocycles. The van der Waals surface area contributed by atoms with Crippen LogP contribution in [0, 0.1) is 6.92 Å². The third-order valence-corrected chi connectivity index (χ3v) is 2.33. The minimum Gasteiger partial charge on any atom is -0.269 e. The maximum Gasteiger partial charge on any atom is 1.00 e. The summed E-state index contributed by atoms with van der Waals surface area (Å²) in [6.07, 6.45) is 3.11. The van der Waals surface area contributed by atoms with Crippen molar-refractivity contribution in [2.24, 2.45) is 0 Å². The van der Waals surface area contributed by atoms with Crippen LogP contribution in [0.5, 0.6) is 0 Å². The van der Waals surface area contributed by atoms with Crippen LogP contribution in [0.25, 0.3) is 11.3 Å². The molecule has 0 radical (unpaired) electrons. The van der Waals surface area contributed by atoms with Gasteiger partial charge in [-0.25, -0.2) is 4.98 Å². The zero-order valence-electron chi connectivity index (χ0n) is 9.98. The summed E-state index contributed by atoms with van der Waals surface area (Å²) in [5.74, 6) is 0.560. The summed E-state index contributed by atoms with van der Waals surface area (Å²) >= 11 is 0. The largest absolute Gasteiger partial charge is 1.00 e. The van der Waals surface area contributed by atoms with Gasteiger partial charge in [-0.3, -0.25) is 9.20 Å². The molecule has 0 atom stereocenters. The van der Waals surface area contributed by atoms with Crippen LogP contribution in [-0.2, 0) is 0 Å². The number of aryl methyl sites for hydroxylation is 1. The Kier molecular flexibility index (Phi) is 4.02. The first-order valence-electron chi connectivity index (χ1n) is 4.99. The van der Waals surface area contributed by atoms with E-state index in [0.29, 0.717) is 17.2 Å². The second-order valence-corrected chi connectivity index (χ2v) is 3.50. The Morgan fingerprint density at radius 3 is 2.83 bits per heavy atom. The fourth-order valence-electron chi connectivity index (χ4n) is 1.59. The molecule has 0 saturated carbocycles. The van der Waals surface area contributed by atoms with Crippen molar-refractivity contribution >= 4 is 5.65 Å².